The Labute approximate surface area is 94.1 Å². The molecule has 15 heavy (non-hydrogen) atoms. The summed E-state index contributed by atoms with van der Waals surface area (Å²) in [6, 6.07) is 0. The average Bonchev–Trinajstić information content (AvgIpc) is 2.59. The van der Waals surface area contributed by atoms with Crippen molar-refractivity contribution in [1.82, 2.24) is 20.4 Å². The van der Waals surface area contributed by atoms with Gasteiger partial charge < -0.3 is 10.2 Å². The molecule has 1 aliphatic heterocycles. The molecule has 0 bridgehead atoms. The van der Waals surface area contributed by atoms with Gasteiger partial charge in [-0.2, -0.15) is 0 Å². The van der Waals surface area contributed by atoms with Crippen LogP contribution in [0.4, 0.5) is 0 Å². The van der Waals surface area contributed by atoms with E-state index >= 15 is 0 Å². The van der Waals surface area contributed by atoms with Crippen molar-refractivity contribution in [3.05, 3.63) is 20.5 Å². The number of rotatable bonds is 1. The van der Waals surface area contributed by atoms with Crippen LogP contribution in [0.25, 0.3) is 0 Å². The largest absolute Gasteiger partial charge is 0.336 e. The lowest BCUT2D eigenvalue weighted by molar-refractivity contribution is 0.0733. The Hall–Kier alpha value is -1.08. The molecule has 0 radical (unpaired) electrons. The Balaban J connectivity index is 2.23. The molecule has 0 spiro atoms. The summed E-state index contributed by atoms with van der Waals surface area (Å²) in [4.78, 5) is 24.9. The minimum absolute atomic E-state index is 0.150. The summed E-state index contributed by atoms with van der Waals surface area (Å²) in [7, 11) is 0. The molecule has 1 fully saturated rings. The molecule has 82 valence electrons. The molecule has 1 amide bonds. The molecule has 6 nitrogen and oxygen atoms in total. The zero-order valence-electron chi connectivity index (χ0n) is 7.97. The van der Waals surface area contributed by atoms with E-state index in [9.17, 15) is 9.59 Å². The number of halogens is 1. The fourth-order valence-corrected chi connectivity index (χ4v) is 2.00. The smallest absolute Gasteiger partial charge is 0.277 e. The first-order valence-electron chi connectivity index (χ1n) is 4.66. The summed E-state index contributed by atoms with van der Waals surface area (Å²) >= 11 is 3.13. The number of amides is 1. The number of piperazine rings is 1. The maximum atomic E-state index is 11.9. The lowest BCUT2D eigenvalue weighted by Crippen LogP contribution is -2.47. The number of aromatic nitrogens is 2. The zero-order chi connectivity index (χ0) is 10.8. The minimum atomic E-state index is -0.384. The Bertz CT molecular complexity index is 419. The number of H-pyrrole nitrogens is 2. The molecule has 1 saturated heterocycles. The number of aromatic amines is 2. The van der Waals surface area contributed by atoms with Crippen molar-refractivity contribution in [2.75, 3.05) is 26.2 Å². The third kappa shape index (κ3) is 1.98. The van der Waals surface area contributed by atoms with Gasteiger partial charge in [0.15, 0.2) is 0 Å². The van der Waals surface area contributed by atoms with Crippen molar-refractivity contribution < 1.29 is 4.79 Å². The molecular formula is C8H11BrN4O2. The van der Waals surface area contributed by atoms with E-state index in [-0.39, 0.29) is 17.0 Å². The van der Waals surface area contributed by atoms with Crippen LogP contribution in [0.2, 0.25) is 0 Å². The summed E-state index contributed by atoms with van der Waals surface area (Å²) < 4.78 is 0.413. The first-order valence-corrected chi connectivity index (χ1v) is 5.45. The van der Waals surface area contributed by atoms with Crippen LogP contribution in [-0.4, -0.2) is 47.2 Å². The van der Waals surface area contributed by atoms with Crippen molar-refractivity contribution in [3.8, 4) is 0 Å². The van der Waals surface area contributed by atoms with Crippen molar-refractivity contribution in [3.63, 3.8) is 0 Å². The molecule has 2 heterocycles. The van der Waals surface area contributed by atoms with Gasteiger partial charge in [0.2, 0.25) is 0 Å². The van der Waals surface area contributed by atoms with Crippen LogP contribution in [0.1, 0.15) is 10.4 Å². The average molecular weight is 275 g/mol. The van der Waals surface area contributed by atoms with E-state index < -0.39 is 0 Å². The van der Waals surface area contributed by atoms with Crippen LogP contribution in [0.3, 0.4) is 0 Å². The number of hydrogen-bond donors (Lipinski definition) is 3. The van der Waals surface area contributed by atoms with Crippen LogP contribution >= 0.6 is 15.9 Å². The summed E-state index contributed by atoms with van der Waals surface area (Å²) in [6.45, 7) is 2.81. The fourth-order valence-electron chi connectivity index (χ4n) is 1.55. The normalized spacial score (nSPS) is 16.7. The van der Waals surface area contributed by atoms with E-state index in [0.29, 0.717) is 17.7 Å². The van der Waals surface area contributed by atoms with E-state index in [2.05, 4.69) is 31.4 Å². The maximum absolute atomic E-state index is 11.9. The molecule has 1 aliphatic rings. The molecule has 1 aromatic rings. The van der Waals surface area contributed by atoms with Gasteiger partial charge in [0.1, 0.15) is 10.2 Å². The van der Waals surface area contributed by atoms with E-state index in [1.807, 2.05) is 0 Å². The monoisotopic (exact) mass is 274 g/mol. The predicted octanol–water partition coefficient (Wildman–Crippen LogP) is -0.489. The number of carbonyl (C=O) groups is 1. The first kappa shape index (κ1) is 10.4. The van der Waals surface area contributed by atoms with Gasteiger partial charge in [-0.15, -0.1) is 0 Å². The molecule has 0 unspecified atom stereocenters. The lowest BCUT2D eigenvalue weighted by Gasteiger charge is -2.26. The summed E-state index contributed by atoms with van der Waals surface area (Å²) in [5.41, 5.74) is -0.234. The zero-order valence-corrected chi connectivity index (χ0v) is 9.56. The van der Waals surface area contributed by atoms with Crippen molar-refractivity contribution in [2.45, 2.75) is 0 Å². The molecular weight excluding hydrogens is 264 g/mol. The fraction of sp³-hybridized carbons (Fsp3) is 0.500. The van der Waals surface area contributed by atoms with Crippen LogP contribution in [0, 0.1) is 0 Å². The van der Waals surface area contributed by atoms with Gasteiger partial charge in [0.25, 0.3) is 11.5 Å². The van der Waals surface area contributed by atoms with Crippen LogP contribution in [0.5, 0.6) is 0 Å². The standard InChI is InChI=1S/C8H11BrN4O2/c9-6-5(7(14)12-11-6)8(15)13-3-1-10-2-4-13/h10H,1-4H2,(H2,11,12,14). The molecule has 0 atom stereocenters. The number of nitrogens with one attached hydrogen (secondary N) is 3. The summed E-state index contributed by atoms with van der Waals surface area (Å²) in [5, 5.41) is 8.08. The van der Waals surface area contributed by atoms with Gasteiger partial charge in [0, 0.05) is 26.2 Å². The third-order valence-corrected chi connectivity index (χ3v) is 2.95. The van der Waals surface area contributed by atoms with Crippen molar-refractivity contribution in [2.24, 2.45) is 0 Å². The number of hydrogen-bond acceptors (Lipinski definition) is 3. The molecule has 2 rings (SSSR count). The van der Waals surface area contributed by atoms with Gasteiger partial charge in [-0.3, -0.25) is 19.8 Å². The van der Waals surface area contributed by atoms with E-state index in [1.165, 1.54) is 0 Å². The topological polar surface area (TPSA) is 81.0 Å². The SMILES string of the molecule is O=C(c1c(Br)[nH][nH]c1=O)N1CCNCC1. The second kappa shape index (κ2) is 4.19. The quantitative estimate of drug-likeness (QED) is 0.647. The maximum Gasteiger partial charge on any atom is 0.277 e. The van der Waals surface area contributed by atoms with E-state index in [0.717, 1.165) is 13.1 Å². The Morgan fingerprint density at radius 1 is 1.27 bits per heavy atom. The highest BCUT2D eigenvalue weighted by Crippen LogP contribution is 2.11. The van der Waals surface area contributed by atoms with E-state index in [1.54, 1.807) is 4.90 Å². The molecule has 3 N–H and O–H groups in total. The Morgan fingerprint density at radius 3 is 2.47 bits per heavy atom. The summed E-state index contributed by atoms with van der Waals surface area (Å²) in [6.07, 6.45) is 0. The van der Waals surface area contributed by atoms with Crippen LogP contribution in [-0.2, 0) is 0 Å². The van der Waals surface area contributed by atoms with Crippen LogP contribution in [0.15, 0.2) is 9.40 Å². The van der Waals surface area contributed by atoms with Crippen LogP contribution < -0.4 is 10.9 Å². The van der Waals surface area contributed by atoms with Gasteiger partial charge in [-0.1, -0.05) is 0 Å². The second-order valence-electron chi connectivity index (χ2n) is 3.31. The highest BCUT2D eigenvalue weighted by molar-refractivity contribution is 9.10. The first-order chi connectivity index (χ1) is 7.20. The molecule has 0 aromatic carbocycles. The van der Waals surface area contributed by atoms with Crippen molar-refractivity contribution >= 4 is 21.8 Å². The minimum Gasteiger partial charge on any atom is -0.336 e. The van der Waals surface area contributed by atoms with Gasteiger partial charge in [-0.05, 0) is 15.9 Å². The molecule has 1 aromatic heterocycles. The lowest BCUT2D eigenvalue weighted by atomic mass is 10.2. The van der Waals surface area contributed by atoms with Crippen molar-refractivity contribution in [1.29, 1.82) is 0 Å². The summed E-state index contributed by atoms with van der Waals surface area (Å²) in [5.74, 6) is -0.231. The Morgan fingerprint density at radius 2 is 1.93 bits per heavy atom. The molecule has 7 heteroatoms. The second-order valence-corrected chi connectivity index (χ2v) is 4.10. The predicted molar refractivity (Wildman–Crippen MR) is 57.9 cm³/mol. The molecule has 0 saturated carbocycles. The van der Waals surface area contributed by atoms with Gasteiger partial charge in [0.05, 0.1) is 0 Å². The highest BCUT2D eigenvalue weighted by Gasteiger charge is 2.23. The Kier molecular flexibility index (Phi) is 2.92. The number of nitrogens with zero attached hydrogens (tertiary/aromatic N) is 1. The van der Waals surface area contributed by atoms with Gasteiger partial charge in [-0.25, -0.2) is 0 Å². The van der Waals surface area contributed by atoms with Gasteiger partial charge >= 0.3 is 0 Å². The van der Waals surface area contributed by atoms with E-state index in [4.69, 9.17) is 0 Å². The number of carbonyl (C=O) groups excluding carboxylic acids is 1. The third-order valence-electron chi connectivity index (χ3n) is 2.35. The molecule has 0 aliphatic carbocycles. The highest BCUT2D eigenvalue weighted by atomic mass is 79.9.